The van der Waals surface area contributed by atoms with Crippen LogP contribution in [0.2, 0.25) is 5.02 Å². The Hall–Kier alpha value is -1.63. The third-order valence-corrected chi connectivity index (χ3v) is 4.19. The van der Waals surface area contributed by atoms with Crippen LogP contribution in [0.1, 0.15) is 11.1 Å². The molecule has 2 aromatic carbocycles. The van der Waals surface area contributed by atoms with Gasteiger partial charge in [0.15, 0.2) is 12.4 Å². The average Bonchev–Trinajstić information content (AvgIpc) is 2.58. The molecule has 1 saturated heterocycles. The van der Waals surface area contributed by atoms with Gasteiger partial charge in [0.2, 0.25) is 0 Å². The van der Waals surface area contributed by atoms with Gasteiger partial charge in [-0.2, -0.15) is 0 Å². The van der Waals surface area contributed by atoms with Gasteiger partial charge in [-0.15, -0.1) is 0 Å². The van der Waals surface area contributed by atoms with Crippen LogP contribution in [0.15, 0.2) is 48.5 Å². The first-order valence-corrected chi connectivity index (χ1v) is 8.06. The molecule has 3 rings (SSSR count). The summed E-state index contributed by atoms with van der Waals surface area (Å²) in [6.45, 7) is -0.126. The first kappa shape index (κ1) is 17.2. The lowest BCUT2D eigenvalue weighted by Gasteiger charge is -2.35. The van der Waals surface area contributed by atoms with E-state index in [1.54, 1.807) is 6.07 Å². The van der Waals surface area contributed by atoms with Crippen molar-refractivity contribution in [2.24, 2.45) is 0 Å². The molecule has 128 valence electrons. The monoisotopic (exact) mass is 350 g/mol. The van der Waals surface area contributed by atoms with E-state index in [1.807, 2.05) is 42.5 Å². The van der Waals surface area contributed by atoms with Gasteiger partial charge in [0.25, 0.3) is 0 Å². The molecule has 0 bridgehead atoms. The molecule has 5 nitrogen and oxygen atoms in total. The summed E-state index contributed by atoms with van der Waals surface area (Å²) in [5, 5.41) is 30.1. The van der Waals surface area contributed by atoms with Crippen LogP contribution >= 0.6 is 11.6 Å². The zero-order valence-electron chi connectivity index (χ0n) is 12.9. The number of aliphatic hydroxyl groups is 3. The summed E-state index contributed by atoms with van der Waals surface area (Å²) in [5.41, 5.74) is 2.11. The first-order valence-electron chi connectivity index (χ1n) is 7.69. The van der Waals surface area contributed by atoms with Gasteiger partial charge in [0.05, 0.1) is 6.61 Å². The molecule has 1 aliphatic heterocycles. The molecule has 0 radical (unpaired) electrons. The molecule has 0 spiro atoms. The van der Waals surface area contributed by atoms with Crippen molar-refractivity contribution in [3.05, 3.63) is 64.7 Å². The van der Waals surface area contributed by atoms with Gasteiger partial charge in [-0.3, -0.25) is 0 Å². The molecule has 0 unspecified atom stereocenters. The first-order chi connectivity index (χ1) is 11.5. The molecule has 6 heteroatoms. The van der Waals surface area contributed by atoms with Crippen molar-refractivity contribution in [1.29, 1.82) is 0 Å². The molecule has 1 heterocycles. The van der Waals surface area contributed by atoms with Gasteiger partial charge in [-0.1, -0.05) is 35.9 Å². The fraction of sp³-hybridized carbons (Fsp3) is 0.333. The zero-order valence-corrected chi connectivity index (χ0v) is 13.6. The molecule has 1 fully saturated rings. The normalized spacial score (nSPS) is 27.0. The number of aliphatic hydroxyl groups excluding tert-OH is 3. The third kappa shape index (κ3) is 4.06. The van der Waals surface area contributed by atoms with Crippen molar-refractivity contribution in [1.82, 2.24) is 0 Å². The van der Waals surface area contributed by atoms with Crippen molar-refractivity contribution in [3.63, 3.8) is 0 Å². The number of hydrogen-bond acceptors (Lipinski definition) is 5. The minimum atomic E-state index is -1.29. The van der Waals surface area contributed by atoms with E-state index in [2.05, 4.69) is 0 Å². The van der Waals surface area contributed by atoms with Gasteiger partial charge >= 0.3 is 0 Å². The number of benzene rings is 2. The highest BCUT2D eigenvalue weighted by Crippen LogP contribution is 2.23. The molecule has 0 amide bonds. The smallest absolute Gasteiger partial charge is 0.195 e. The van der Waals surface area contributed by atoms with E-state index in [4.69, 9.17) is 21.1 Å². The molecular weight excluding hydrogens is 332 g/mol. The molecular formula is C18H19ClO5. The van der Waals surface area contributed by atoms with E-state index in [9.17, 15) is 15.3 Å². The van der Waals surface area contributed by atoms with Crippen LogP contribution in [0.4, 0.5) is 0 Å². The summed E-state index contributed by atoms with van der Waals surface area (Å²) < 4.78 is 10.6. The zero-order chi connectivity index (χ0) is 17.1. The second kappa shape index (κ2) is 7.51. The standard InChI is InChI=1S/C18H19ClO5/c19-13-6-4-11(5-7-13)8-12-2-1-3-14(9-12)24-17-16(21)15(20)10-23-18(17)22/h1-7,9,15-18,20-22H,8,10H2/t15-,16+,17-,18-/m1/s1. The topological polar surface area (TPSA) is 79.2 Å². The highest BCUT2D eigenvalue weighted by atomic mass is 35.5. The summed E-state index contributed by atoms with van der Waals surface area (Å²) in [4.78, 5) is 0. The van der Waals surface area contributed by atoms with Crippen LogP contribution < -0.4 is 4.74 Å². The lowest BCUT2D eigenvalue weighted by Crippen LogP contribution is -2.55. The van der Waals surface area contributed by atoms with E-state index in [0.717, 1.165) is 11.1 Å². The quantitative estimate of drug-likeness (QED) is 0.783. The summed E-state index contributed by atoms with van der Waals surface area (Å²) >= 11 is 5.89. The van der Waals surface area contributed by atoms with E-state index < -0.39 is 24.6 Å². The summed E-state index contributed by atoms with van der Waals surface area (Å²) in [6, 6.07) is 14.9. The molecule has 1 aliphatic rings. The van der Waals surface area contributed by atoms with E-state index in [-0.39, 0.29) is 6.61 Å². The Balaban J connectivity index is 1.71. The Morgan fingerprint density at radius 2 is 1.79 bits per heavy atom. The number of hydrogen-bond donors (Lipinski definition) is 3. The molecule has 4 atom stereocenters. The van der Waals surface area contributed by atoms with Gasteiger partial charge in [-0.25, -0.2) is 0 Å². The second-order valence-electron chi connectivity index (χ2n) is 5.81. The van der Waals surface area contributed by atoms with Crippen LogP contribution in [0.25, 0.3) is 0 Å². The maximum Gasteiger partial charge on any atom is 0.195 e. The highest BCUT2D eigenvalue weighted by molar-refractivity contribution is 6.30. The van der Waals surface area contributed by atoms with Crippen molar-refractivity contribution >= 4 is 11.6 Å². The van der Waals surface area contributed by atoms with Crippen LogP contribution in [0.3, 0.4) is 0 Å². The Bertz CT molecular complexity index is 675. The van der Waals surface area contributed by atoms with Gasteiger partial charge < -0.3 is 24.8 Å². The lowest BCUT2D eigenvalue weighted by molar-refractivity contribution is -0.244. The molecule has 0 saturated carbocycles. The van der Waals surface area contributed by atoms with E-state index >= 15 is 0 Å². The minimum Gasteiger partial charge on any atom is -0.482 e. The van der Waals surface area contributed by atoms with Crippen molar-refractivity contribution in [3.8, 4) is 5.75 Å². The van der Waals surface area contributed by atoms with Crippen LogP contribution in [-0.4, -0.2) is 46.5 Å². The number of ether oxygens (including phenoxy) is 2. The predicted octanol–water partition coefficient (Wildman–Crippen LogP) is 1.75. The fourth-order valence-electron chi connectivity index (χ4n) is 2.63. The predicted molar refractivity (Wildman–Crippen MR) is 89.1 cm³/mol. The Morgan fingerprint density at radius 1 is 1.04 bits per heavy atom. The fourth-order valence-corrected chi connectivity index (χ4v) is 2.76. The number of rotatable bonds is 4. The Labute approximate surface area is 145 Å². The van der Waals surface area contributed by atoms with E-state index in [0.29, 0.717) is 17.2 Å². The molecule has 2 aromatic rings. The van der Waals surface area contributed by atoms with E-state index in [1.165, 1.54) is 0 Å². The van der Waals surface area contributed by atoms with Gasteiger partial charge in [-0.05, 0) is 41.8 Å². The second-order valence-corrected chi connectivity index (χ2v) is 6.25. The summed E-state index contributed by atoms with van der Waals surface area (Å²) in [6.07, 6.45) is -3.93. The van der Waals surface area contributed by atoms with Gasteiger partial charge in [0, 0.05) is 5.02 Å². The lowest BCUT2D eigenvalue weighted by atomic mass is 10.0. The molecule has 0 aromatic heterocycles. The van der Waals surface area contributed by atoms with Crippen molar-refractivity contribution in [2.45, 2.75) is 31.0 Å². The summed E-state index contributed by atoms with van der Waals surface area (Å²) in [7, 11) is 0. The molecule has 24 heavy (non-hydrogen) atoms. The maximum absolute atomic E-state index is 9.97. The number of halogens is 1. The Kier molecular flexibility index (Phi) is 5.38. The van der Waals surface area contributed by atoms with Crippen LogP contribution in [-0.2, 0) is 11.2 Å². The van der Waals surface area contributed by atoms with Gasteiger partial charge in [0.1, 0.15) is 18.0 Å². The minimum absolute atomic E-state index is 0.126. The average molecular weight is 351 g/mol. The molecule has 0 aliphatic carbocycles. The molecule has 3 N–H and O–H groups in total. The maximum atomic E-state index is 9.97. The van der Waals surface area contributed by atoms with Crippen molar-refractivity contribution < 1.29 is 24.8 Å². The van der Waals surface area contributed by atoms with Crippen LogP contribution in [0.5, 0.6) is 5.75 Å². The summed E-state index contributed by atoms with van der Waals surface area (Å²) in [5.74, 6) is 0.488. The van der Waals surface area contributed by atoms with Crippen molar-refractivity contribution in [2.75, 3.05) is 6.61 Å². The SMILES string of the molecule is O[C@@H]1[C@@H](Oc2cccc(Cc3ccc(Cl)cc3)c2)[C@H](O)OC[C@H]1O. The Morgan fingerprint density at radius 3 is 2.54 bits per heavy atom. The van der Waals surface area contributed by atoms with Crippen LogP contribution in [0, 0.1) is 0 Å². The highest BCUT2D eigenvalue weighted by Gasteiger charge is 2.39. The third-order valence-electron chi connectivity index (χ3n) is 3.94. The largest absolute Gasteiger partial charge is 0.482 e.